The molecule has 0 saturated heterocycles. The van der Waals surface area contributed by atoms with Crippen molar-refractivity contribution in [2.45, 2.75) is 39.0 Å². The van der Waals surface area contributed by atoms with Crippen LogP contribution in [0.3, 0.4) is 0 Å². The summed E-state index contributed by atoms with van der Waals surface area (Å²) < 4.78 is 4.89. The summed E-state index contributed by atoms with van der Waals surface area (Å²) >= 11 is 0. The zero-order chi connectivity index (χ0) is 15.7. The first-order valence-electron chi connectivity index (χ1n) is 7.98. The van der Waals surface area contributed by atoms with Gasteiger partial charge in [0, 0.05) is 19.5 Å². The molecule has 6 heteroatoms. The van der Waals surface area contributed by atoms with Crippen LogP contribution in [0.15, 0.2) is 10.6 Å². The molecule has 0 radical (unpaired) electrons. The van der Waals surface area contributed by atoms with Crippen molar-refractivity contribution in [2.75, 3.05) is 18.9 Å². The fraction of sp³-hybridized carbons (Fsp3) is 0.688. The average Bonchev–Trinajstić information content (AvgIpc) is 3.15. The SMILES string of the molecule is Cc1cc(NC(=O)CN(C)C(=O)CC2CC3CCC2C3)no1. The van der Waals surface area contributed by atoms with E-state index in [9.17, 15) is 9.59 Å². The minimum atomic E-state index is -0.253. The van der Waals surface area contributed by atoms with Gasteiger partial charge in [0.2, 0.25) is 11.8 Å². The molecule has 2 amide bonds. The predicted octanol–water partition coefficient (Wildman–Crippen LogP) is 2.21. The molecular formula is C16H23N3O3. The van der Waals surface area contributed by atoms with Gasteiger partial charge in [-0.1, -0.05) is 11.6 Å². The summed E-state index contributed by atoms with van der Waals surface area (Å²) in [6.45, 7) is 1.80. The highest BCUT2D eigenvalue weighted by Crippen LogP contribution is 2.49. The van der Waals surface area contributed by atoms with E-state index >= 15 is 0 Å². The molecule has 2 aliphatic rings. The largest absolute Gasteiger partial charge is 0.360 e. The number of nitrogens with one attached hydrogen (secondary N) is 1. The van der Waals surface area contributed by atoms with E-state index in [-0.39, 0.29) is 18.4 Å². The van der Waals surface area contributed by atoms with Crippen molar-refractivity contribution in [3.8, 4) is 0 Å². The molecule has 0 aliphatic heterocycles. The highest BCUT2D eigenvalue weighted by molar-refractivity contribution is 5.93. The number of anilines is 1. The molecule has 1 heterocycles. The van der Waals surface area contributed by atoms with Crippen molar-refractivity contribution >= 4 is 17.6 Å². The molecule has 120 valence electrons. The van der Waals surface area contributed by atoms with E-state index in [0.717, 1.165) is 11.8 Å². The molecular weight excluding hydrogens is 282 g/mol. The highest BCUT2D eigenvalue weighted by atomic mass is 16.5. The van der Waals surface area contributed by atoms with Gasteiger partial charge in [0.1, 0.15) is 5.76 Å². The summed E-state index contributed by atoms with van der Waals surface area (Å²) in [6.07, 6.45) is 5.68. The van der Waals surface area contributed by atoms with E-state index in [1.165, 1.54) is 30.6 Å². The van der Waals surface area contributed by atoms with Gasteiger partial charge >= 0.3 is 0 Å². The number of hydrogen-bond donors (Lipinski definition) is 1. The molecule has 1 aromatic heterocycles. The number of hydrogen-bond acceptors (Lipinski definition) is 4. The number of amides is 2. The van der Waals surface area contributed by atoms with Crippen LogP contribution >= 0.6 is 0 Å². The topological polar surface area (TPSA) is 75.4 Å². The predicted molar refractivity (Wildman–Crippen MR) is 81.1 cm³/mol. The maximum absolute atomic E-state index is 12.3. The van der Waals surface area contributed by atoms with Crippen molar-refractivity contribution in [1.82, 2.24) is 10.1 Å². The van der Waals surface area contributed by atoms with Gasteiger partial charge in [-0.05, 0) is 43.9 Å². The number of aryl methyl sites for hydroxylation is 1. The monoisotopic (exact) mass is 305 g/mol. The van der Waals surface area contributed by atoms with Crippen molar-refractivity contribution in [3.63, 3.8) is 0 Å². The third kappa shape index (κ3) is 3.31. The molecule has 2 saturated carbocycles. The molecule has 3 atom stereocenters. The second-order valence-corrected chi connectivity index (χ2v) is 6.76. The van der Waals surface area contributed by atoms with Crippen LogP contribution in [0.2, 0.25) is 0 Å². The minimum absolute atomic E-state index is 0.0472. The Morgan fingerprint density at radius 2 is 2.23 bits per heavy atom. The average molecular weight is 305 g/mol. The normalized spacial score (nSPS) is 26.2. The molecule has 22 heavy (non-hydrogen) atoms. The van der Waals surface area contributed by atoms with Crippen LogP contribution in [0.25, 0.3) is 0 Å². The molecule has 2 aliphatic carbocycles. The zero-order valence-electron chi connectivity index (χ0n) is 13.2. The van der Waals surface area contributed by atoms with Gasteiger partial charge in [-0.15, -0.1) is 0 Å². The summed E-state index contributed by atoms with van der Waals surface area (Å²) in [5.41, 5.74) is 0. The van der Waals surface area contributed by atoms with E-state index in [0.29, 0.717) is 23.9 Å². The zero-order valence-corrected chi connectivity index (χ0v) is 13.2. The van der Waals surface area contributed by atoms with Gasteiger partial charge < -0.3 is 14.7 Å². The van der Waals surface area contributed by atoms with Gasteiger partial charge in [-0.3, -0.25) is 9.59 Å². The van der Waals surface area contributed by atoms with Crippen molar-refractivity contribution in [1.29, 1.82) is 0 Å². The quantitative estimate of drug-likeness (QED) is 0.905. The standard InChI is InChI=1S/C16H23N3O3/c1-10-5-14(18-22-10)17-15(20)9-19(2)16(21)8-13-7-11-3-4-12(13)6-11/h5,11-13H,3-4,6-9H2,1-2H3,(H,17,18,20). The Morgan fingerprint density at radius 1 is 1.41 bits per heavy atom. The Balaban J connectivity index is 1.45. The molecule has 1 N–H and O–H groups in total. The summed E-state index contributed by atoms with van der Waals surface area (Å²) in [5, 5.41) is 6.34. The van der Waals surface area contributed by atoms with Crippen molar-refractivity contribution in [3.05, 3.63) is 11.8 Å². The Morgan fingerprint density at radius 3 is 2.82 bits per heavy atom. The van der Waals surface area contributed by atoms with E-state index in [1.807, 2.05) is 0 Å². The first-order chi connectivity index (χ1) is 10.5. The molecule has 0 aromatic carbocycles. The highest BCUT2D eigenvalue weighted by Gasteiger charge is 2.40. The van der Waals surface area contributed by atoms with Crippen LogP contribution in [0.1, 0.15) is 37.9 Å². The number of likely N-dealkylation sites (N-methyl/N-ethyl adjacent to an activating group) is 1. The molecule has 3 rings (SSSR count). The molecule has 6 nitrogen and oxygen atoms in total. The van der Waals surface area contributed by atoms with Crippen LogP contribution in [-0.4, -0.2) is 35.5 Å². The third-order valence-corrected chi connectivity index (χ3v) is 5.02. The van der Waals surface area contributed by atoms with Gasteiger partial charge in [-0.25, -0.2) is 0 Å². The van der Waals surface area contributed by atoms with Gasteiger partial charge in [0.15, 0.2) is 5.82 Å². The second-order valence-electron chi connectivity index (χ2n) is 6.76. The third-order valence-electron chi connectivity index (χ3n) is 5.02. The van der Waals surface area contributed by atoms with Gasteiger partial charge in [-0.2, -0.15) is 0 Å². The lowest BCUT2D eigenvalue weighted by Gasteiger charge is -2.24. The fourth-order valence-corrected chi connectivity index (χ4v) is 3.92. The minimum Gasteiger partial charge on any atom is -0.360 e. The summed E-state index contributed by atoms with van der Waals surface area (Å²) in [5.74, 6) is 2.92. The number of aromatic nitrogens is 1. The summed E-state index contributed by atoms with van der Waals surface area (Å²) in [6, 6.07) is 1.65. The number of fused-ring (bicyclic) bond motifs is 2. The molecule has 1 aromatic rings. The Kier molecular flexibility index (Phi) is 4.18. The first kappa shape index (κ1) is 15.1. The Hall–Kier alpha value is -1.85. The lowest BCUT2D eigenvalue weighted by molar-refractivity contribution is -0.134. The molecule has 2 fully saturated rings. The van der Waals surface area contributed by atoms with E-state index < -0.39 is 0 Å². The summed E-state index contributed by atoms with van der Waals surface area (Å²) in [7, 11) is 1.68. The van der Waals surface area contributed by atoms with Crippen LogP contribution in [0, 0.1) is 24.7 Å². The van der Waals surface area contributed by atoms with Crippen molar-refractivity contribution in [2.24, 2.45) is 17.8 Å². The van der Waals surface area contributed by atoms with Crippen LogP contribution in [0.5, 0.6) is 0 Å². The smallest absolute Gasteiger partial charge is 0.245 e. The maximum Gasteiger partial charge on any atom is 0.245 e. The van der Waals surface area contributed by atoms with Gasteiger partial charge in [0.25, 0.3) is 0 Å². The number of carbonyl (C=O) groups is 2. The molecule has 2 bridgehead atoms. The second kappa shape index (κ2) is 6.10. The molecule has 0 spiro atoms. The van der Waals surface area contributed by atoms with E-state index in [4.69, 9.17) is 4.52 Å². The van der Waals surface area contributed by atoms with Gasteiger partial charge in [0.05, 0.1) is 6.54 Å². The Bertz CT molecular complexity index is 569. The van der Waals surface area contributed by atoms with E-state index in [1.54, 1.807) is 20.0 Å². The first-order valence-corrected chi connectivity index (χ1v) is 7.98. The molecule has 3 unspecified atom stereocenters. The van der Waals surface area contributed by atoms with Crippen molar-refractivity contribution < 1.29 is 14.1 Å². The Labute approximate surface area is 130 Å². The maximum atomic E-state index is 12.3. The lowest BCUT2D eigenvalue weighted by atomic mass is 9.86. The number of nitrogens with zero attached hydrogens (tertiary/aromatic N) is 2. The van der Waals surface area contributed by atoms with Crippen LogP contribution in [-0.2, 0) is 9.59 Å². The van der Waals surface area contributed by atoms with Crippen LogP contribution in [0.4, 0.5) is 5.82 Å². The fourth-order valence-electron chi connectivity index (χ4n) is 3.92. The lowest BCUT2D eigenvalue weighted by Crippen LogP contribution is -2.36. The number of rotatable bonds is 5. The van der Waals surface area contributed by atoms with Crippen LogP contribution < -0.4 is 5.32 Å². The number of carbonyl (C=O) groups excluding carboxylic acids is 2. The van der Waals surface area contributed by atoms with E-state index in [2.05, 4.69) is 10.5 Å². The summed E-state index contributed by atoms with van der Waals surface area (Å²) in [4.78, 5) is 25.7.